The Hall–Kier alpha value is -2.41. The number of anilines is 1. The number of carbonyl (C=O) groups excluding carboxylic acids is 1. The van der Waals surface area contributed by atoms with Crippen molar-refractivity contribution in [1.82, 2.24) is 20.3 Å². The first-order valence-corrected chi connectivity index (χ1v) is 7.91. The van der Waals surface area contributed by atoms with Crippen LogP contribution in [0.3, 0.4) is 0 Å². The highest BCUT2D eigenvalue weighted by molar-refractivity contribution is 5.84. The van der Waals surface area contributed by atoms with E-state index in [9.17, 15) is 4.79 Å². The molecule has 1 aromatic heterocycles. The second-order valence-corrected chi connectivity index (χ2v) is 6.70. The molecule has 1 unspecified atom stereocenters. The van der Waals surface area contributed by atoms with Gasteiger partial charge in [0.2, 0.25) is 0 Å². The molecule has 0 bridgehead atoms. The summed E-state index contributed by atoms with van der Waals surface area (Å²) < 4.78 is 6.98. The number of nitrogens with one attached hydrogen (secondary N) is 2. The highest BCUT2D eigenvalue weighted by Gasteiger charge is 2.16. The molecule has 7 nitrogen and oxygen atoms in total. The van der Waals surface area contributed by atoms with Crippen LogP contribution in [0, 0.1) is 0 Å². The quantitative estimate of drug-likeness (QED) is 0.880. The molecular weight excluding hydrogens is 306 g/mol. The summed E-state index contributed by atoms with van der Waals surface area (Å²) in [6.07, 6.45) is 1.29. The van der Waals surface area contributed by atoms with Crippen molar-refractivity contribution >= 4 is 11.8 Å². The molecule has 0 aliphatic rings. The number of benzene rings is 1. The van der Waals surface area contributed by atoms with Crippen LogP contribution in [0.5, 0.6) is 0 Å². The maximum Gasteiger partial charge on any atom is 0.412 e. The zero-order valence-corrected chi connectivity index (χ0v) is 14.8. The first-order chi connectivity index (χ1) is 11.2. The van der Waals surface area contributed by atoms with Crippen molar-refractivity contribution < 1.29 is 9.53 Å². The molecule has 0 aliphatic heterocycles. The predicted molar refractivity (Wildman–Crippen MR) is 92.6 cm³/mol. The molecule has 2 N–H and O–H groups in total. The summed E-state index contributed by atoms with van der Waals surface area (Å²) in [5.74, 6) is 0. The Kier molecular flexibility index (Phi) is 5.56. The molecule has 0 saturated heterocycles. The Morgan fingerprint density at radius 1 is 1.29 bits per heavy atom. The smallest absolute Gasteiger partial charge is 0.412 e. The Morgan fingerprint density at radius 3 is 2.50 bits per heavy atom. The summed E-state index contributed by atoms with van der Waals surface area (Å²) in [4.78, 5) is 11.8. The summed E-state index contributed by atoms with van der Waals surface area (Å²) in [6, 6.07) is 7.85. The van der Waals surface area contributed by atoms with Gasteiger partial charge in [-0.2, -0.15) is 0 Å². The molecule has 2 rings (SSSR count). The zero-order valence-electron chi connectivity index (χ0n) is 14.8. The van der Waals surface area contributed by atoms with E-state index in [-0.39, 0.29) is 6.04 Å². The topological polar surface area (TPSA) is 81.1 Å². The number of ether oxygens (including phenoxy) is 1. The molecule has 2 aromatic rings. The molecule has 7 heteroatoms. The average molecular weight is 331 g/mol. The second-order valence-electron chi connectivity index (χ2n) is 6.70. The van der Waals surface area contributed by atoms with Gasteiger partial charge in [0, 0.05) is 25.3 Å². The van der Waals surface area contributed by atoms with Crippen LogP contribution in [0.4, 0.5) is 10.5 Å². The van der Waals surface area contributed by atoms with Crippen LogP contribution in [0.15, 0.2) is 30.5 Å². The maximum absolute atomic E-state index is 11.8. The van der Waals surface area contributed by atoms with Gasteiger partial charge >= 0.3 is 6.09 Å². The van der Waals surface area contributed by atoms with Crippen LogP contribution in [0.2, 0.25) is 0 Å². The SMILES string of the molecule is CC(NCc1cnnn1C)c1ccc(NC(=O)OC(C)(C)C)cc1. The summed E-state index contributed by atoms with van der Waals surface area (Å²) in [7, 11) is 1.87. The summed E-state index contributed by atoms with van der Waals surface area (Å²) >= 11 is 0. The fraction of sp³-hybridized carbons (Fsp3) is 0.471. The fourth-order valence-corrected chi connectivity index (χ4v) is 2.12. The highest BCUT2D eigenvalue weighted by atomic mass is 16.6. The maximum atomic E-state index is 11.8. The predicted octanol–water partition coefficient (Wildman–Crippen LogP) is 3.01. The third-order valence-corrected chi connectivity index (χ3v) is 3.45. The van der Waals surface area contributed by atoms with Crippen LogP contribution in [-0.2, 0) is 18.3 Å². The van der Waals surface area contributed by atoms with Crippen molar-refractivity contribution in [2.75, 3.05) is 5.32 Å². The molecule has 24 heavy (non-hydrogen) atoms. The van der Waals surface area contributed by atoms with Gasteiger partial charge in [0.15, 0.2) is 0 Å². The number of aryl methyl sites for hydroxylation is 1. The van der Waals surface area contributed by atoms with Gasteiger partial charge < -0.3 is 10.1 Å². The van der Waals surface area contributed by atoms with Gasteiger partial charge in [-0.3, -0.25) is 10.00 Å². The van der Waals surface area contributed by atoms with Gasteiger partial charge in [-0.05, 0) is 45.4 Å². The van der Waals surface area contributed by atoms with Crippen molar-refractivity contribution in [3.05, 3.63) is 41.7 Å². The van der Waals surface area contributed by atoms with Crippen molar-refractivity contribution in [3.63, 3.8) is 0 Å². The Morgan fingerprint density at radius 2 is 1.96 bits per heavy atom. The molecule has 0 aliphatic carbocycles. The third-order valence-electron chi connectivity index (χ3n) is 3.45. The van der Waals surface area contributed by atoms with Crippen molar-refractivity contribution in [2.45, 2.75) is 45.9 Å². The van der Waals surface area contributed by atoms with E-state index < -0.39 is 11.7 Å². The molecule has 1 aromatic carbocycles. The second kappa shape index (κ2) is 7.44. The summed E-state index contributed by atoms with van der Waals surface area (Å²) in [6.45, 7) is 8.27. The Balaban J connectivity index is 1.89. The number of hydrogen-bond acceptors (Lipinski definition) is 5. The monoisotopic (exact) mass is 331 g/mol. The van der Waals surface area contributed by atoms with E-state index in [1.165, 1.54) is 0 Å². The van der Waals surface area contributed by atoms with Gasteiger partial charge in [0.1, 0.15) is 5.60 Å². The molecule has 1 amide bonds. The largest absolute Gasteiger partial charge is 0.444 e. The number of rotatable bonds is 5. The van der Waals surface area contributed by atoms with Crippen LogP contribution < -0.4 is 10.6 Å². The van der Waals surface area contributed by atoms with Gasteiger partial charge in [0.25, 0.3) is 0 Å². The lowest BCUT2D eigenvalue weighted by Gasteiger charge is -2.20. The molecule has 0 radical (unpaired) electrons. The van der Waals surface area contributed by atoms with Crippen molar-refractivity contribution in [1.29, 1.82) is 0 Å². The van der Waals surface area contributed by atoms with Crippen LogP contribution in [-0.4, -0.2) is 26.7 Å². The Labute approximate surface area is 142 Å². The van der Waals surface area contributed by atoms with E-state index in [1.54, 1.807) is 10.9 Å². The molecule has 0 fully saturated rings. The zero-order chi connectivity index (χ0) is 17.7. The first-order valence-electron chi connectivity index (χ1n) is 7.91. The van der Waals surface area contributed by atoms with Crippen molar-refractivity contribution in [3.8, 4) is 0 Å². The number of aromatic nitrogens is 3. The van der Waals surface area contributed by atoms with Gasteiger partial charge in [-0.15, -0.1) is 5.10 Å². The molecule has 1 heterocycles. The van der Waals surface area contributed by atoms with Crippen LogP contribution >= 0.6 is 0 Å². The van der Waals surface area contributed by atoms with E-state index in [0.717, 1.165) is 11.3 Å². The van der Waals surface area contributed by atoms with Crippen LogP contribution in [0.25, 0.3) is 0 Å². The lowest BCUT2D eigenvalue weighted by molar-refractivity contribution is 0.0636. The van der Waals surface area contributed by atoms with E-state index >= 15 is 0 Å². The van der Waals surface area contributed by atoms with Gasteiger partial charge in [0.05, 0.1) is 11.9 Å². The van der Waals surface area contributed by atoms with E-state index in [1.807, 2.05) is 52.1 Å². The van der Waals surface area contributed by atoms with Crippen molar-refractivity contribution in [2.24, 2.45) is 7.05 Å². The lowest BCUT2D eigenvalue weighted by Crippen LogP contribution is -2.27. The normalized spacial score (nSPS) is 12.7. The number of amides is 1. The fourth-order valence-electron chi connectivity index (χ4n) is 2.12. The first kappa shape index (κ1) is 17.9. The molecule has 0 saturated carbocycles. The molecule has 130 valence electrons. The highest BCUT2D eigenvalue weighted by Crippen LogP contribution is 2.17. The number of carbonyl (C=O) groups is 1. The number of hydrogen-bond donors (Lipinski definition) is 2. The third kappa shape index (κ3) is 5.34. The minimum Gasteiger partial charge on any atom is -0.444 e. The Bertz CT molecular complexity index is 673. The van der Waals surface area contributed by atoms with Gasteiger partial charge in [-0.25, -0.2) is 4.79 Å². The minimum atomic E-state index is -0.511. The molecule has 0 spiro atoms. The van der Waals surface area contributed by atoms with E-state index in [2.05, 4.69) is 27.9 Å². The van der Waals surface area contributed by atoms with Crippen LogP contribution in [0.1, 0.15) is 45.0 Å². The molecular formula is C17H25N5O2. The lowest BCUT2D eigenvalue weighted by atomic mass is 10.1. The molecule has 1 atom stereocenters. The van der Waals surface area contributed by atoms with E-state index in [4.69, 9.17) is 4.74 Å². The number of nitrogens with zero attached hydrogens (tertiary/aromatic N) is 3. The summed E-state index contributed by atoms with van der Waals surface area (Å²) in [5.41, 5.74) is 2.34. The summed E-state index contributed by atoms with van der Waals surface area (Å²) in [5, 5.41) is 13.9. The average Bonchev–Trinajstić information content (AvgIpc) is 2.89. The minimum absolute atomic E-state index is 0.162. The standard InChI is InChI=1S/C17H25N5O2/c1-12(18-10-15-11-19-21-22(15)5)13-6-8-14(9-7-13)20-16(23)24-17(2,3)4/h6-9,11-12,18H,10H2,1-5H3,(H,20,23). The van der Waals surface area contributed by atoms with Gasteiger partial charge in [-0.1, -0.05) is 17.3 Å². The van der Waals surface area contributed by atoms with E-state index in [0.29, 0.717) is 12.2 Å².